The van der Waals surface area contributed by atoms with Crippen LogP contribution in [-0.4, -0.2) is 64.1 Å². The van der Waals surface area contributed by atoms with Gasteiger partial charge in [0.15, 0.2) is 0 Å². The first-order chi connectivity index (χ1) is 8.65. The van der Waals surface area contributed by atoms with Crippen molar-refractivity contribution in [2.75, 3.05) is 47.0 Å². The van der Waals surface area contributed by atoms with Gasteiger partial charge in [0.05, 0.1) is 12.7 Å². The van der Waals surface area contributed by atoms with Gasteiger partial charge in [-0.1, -0.05) is 13.8 Å². The lowest BCUT2D eigenvalue weighted by atomic mass is 10.0. The summed E-state index contributed by atoms with van der Waals surface area (Å²) in [5.74, 6) is 0.750. The summed E-state index contributed by atoms with van der Waals surface area (Å²) in [4.78, 5) is 2.51. The molecule has 0 spiro atoms. The summed E-state index contributed by atoms with van der Waals surface area (Å²) in [5.41, 5.74) is 0. The van der Waals surface area contributed by atoms with Gasteiger partial charge in [0.25, 0.3) is 0 Å². The average Bonchev–Trinajstić information content (AvgIpc) is 2.53. The minimum Gasteiger partial charge on any atom is -0.382 e. The van der Waals surface area contributed by atoms with Crippen molar-refractivity contribution in [3.8, 4) is 0 Å². The fraction of sp³-hybridized carbons (Fsp3) is 1.00. The van der Waals surface area contributed by atoms with Crippen LogP contribution in [-0.2, 0) is 9.47 Å². The molecule has 1 aliphatic rings. The van der Waals surface area contributed by atoms with E-state index >= 15 is 0 Å². The molecule has 0 aromatic carbocycles. The van der Waals surface area contributed by atoms with Gasteiger partial charge >= 0.3 is 0 Å². The Labute approximate surface area is 112 Å². The zero-order chi connectivity index (χ0) is 13.4. The quantitative estimate of drug-likeness (QED) is 0.747. The van der Waals surface area contributed by atoms with E-state index in [4.69, 9.17) is 9.47 Å². The van der Waals surface area contributed by atoms with Gasteiger partial charge in [0, 0.05) is 33.4 Å². The molecule has 1 fully saturated rings. The van der Waals surface area contributed by atoms with E-state index in [-0.39, 0.29) is 6.10 Å². The van der Waals surface area contributed by atoms with Crippen LogP contribution in [0, 0.1) is 5.92 Å². The molecule has 18 heavy (non-hydrogen) atoms. The third-order valence-electron chi connectivity index (χ3n) is 3.47. The molecule has 108 valence electrons. The summed E-state index contributed by atoms with van der Waals surface area (Å²) in [6, 6.07) is 0.618. The SMILES string of the molecule is COCC(CN1CCCNC(CC(C)C)C1)OC. The van der Waals surface area contributed by atoms with Crippen molar-refractivity contribution in [1.82, 2.24) is 10.2 Å². The molecule has 2 unspecified atom stereocenters. The van der Waals surface area contributed by atoms with Crippen LogP contribution in [0.5, 0.6) is 0 Å². The van der Waals surface area contributed by atoms with Crippen LogP contribution in [0.2, 0.25) is 0 Å². The first kappa shape index (κ1) is 15.9. The first-order valence-electron chi connectivity index (χ1n) is 7.13. The number of hydrogen-bond donors (Lipinski definition) is 1. The third kappa shape index (κ3) is 6.14. The zero-order valence-corrected chi connectivity index (χ0v) is 12.4. The normalized spacial score (nSPS) is 24.2. The maximum Gasteiger partial charge on any atom is 0.0931 e. The lowest BCUT2D eigenvalue weighted by Crippen LogP contribution is -2.42. The van der Waals surface area contributed by atoms with Crippen LogP contribution in [0.1, 0.15) is 26.7 Å². The molecular weight excluding hydrogens is 228 g/mol. The molecular formula is C14H30N2O2. The fourth-order valence-corrected chi connectivity index (χ4v) is 2.64. The molecule has 0 aromatic heterocycles. The highest BCUT2D eigenvalue weighted by atomic mass is 16.5. The van der Waals surface area contributed by atoms with Gasteiger partial charge in [0.1, 0.15) is 0 Å². The summed E-state index contributed by atoms with van der Waals surface area (Å²) in [5, 5.41) is 3.65. The summed E-state index contributed by atoms with van der Waals surface area (Å²) in [6.07, 6.45) is 2.66. The Morgan fingerprint density at radius 2 is 2.11 bits per heavy atom. The van der Waals surface area contributed by atoms with Crippen molar-refractivity contribution >= 4 is 0 Å². The van der Waals surface area contributed by atoms with E-state index in [2.05, 4.69) is 24.1 Å². The molecule has 1 N–H and O–H groups in total. The van der Waals surface area contributed by atoms with Crippen LogP contribution in [0.4, 0.5) is 0 Å². The molecule has 0 bridgehead atoms. The minimum absolute atomic E-state index is 0.188. The average molecular weight is 258 g/mol. The molecule has 2 atom stereocenters. The lowest BCUT2D eigenvalue weighted by molar-refractivity contribution is 0.00557. The maximum atomic E-state index is 5.46. The van der Waals surface area contributed by atoms with Crippen molar-refractivity contribution in [3.05, 3.63) is 0 Å². The van der Waals surface area contributed by atoms with Gasteiger partial charge in [-0.3, -0.25) is 4.90 Å². The molecule has 0 radical (unpaired) electrons. The molecule has 1 saturated heterocycles. The highest BCUT2D eigenvalue weighted by Gasteiger charge is 2.21. The molecule has 0 amide bonds. The number of nitrogens with zero attached hydrogens (tertiary/aromatic N) is 1. The Kier molecular flexibility index (Phi) is 7.82. The molecule has 4 nitrogen and oxygen atoms in total. The highest BCUT2D eigenvalue weighted by molar-refractivity contribution is 4.79. The number of rotatable bonds is 7. The van der Waals surface area contributed by atoms with Gasteiger partial charge in [0.2, 0.25) is 0 Å². The summed E-state index contributed by atoms with van der Waals surface area (Å²) >= 11 is 0. The molecule has 0 aromatic rings. The number of nitrogens with one attached hydrogen (secondary N) is 1. The van der Waals surface area contributed by atoms with E-state index in [1.165, 1.54) is 12.8 Å². The van der Waals surface area contributed by atoms with E-state index in [1.54, 1.807) is 14.2 Å². The largest absolute Gasteiger partial charge is 0.382 e. The van der Waals surface area contributed by atoms with E-state index < -0.39 is 0 Å². The second-order valence-corrected chi connectivity index (χ2v) is 5.71. The first-order valence-corrected chi connectivity index (χ1v) is 7.13. The lowest BCUT2D eigenvalue weighted by Gasteiger charge is -2.28. The molecule has 1 heterocycles. The van der Waals surface area contributed by atoms with Crippen LogP contribution in [0.25, 0.3) is 0 Å². The van der Waals surface area contributed by atoms with Gasteiger partial charge in [-0.25, -0.2) is 0 Å². The standard InChI is InChI=1S/C14H30N2O2/c1-12(2)8-13-9-16(7-5-6-15-13)10-14(18-4)11-17-3/h12-15H,5-11H2,1-4H3. The van der Waals surface area contributed by atoms with Crippen molar-refractivity contribution in [1.29, 1.82) is 0 Å². The van der Waals surface area contributed by atoms with Crippen molar-refractivity contribution in [2.45, 2.75) is 38.8 Å². The molecule has 1 rings (SSSR count). The Morgan fingerprint density at radius 1 is 1.33 bits per heavy atom. The van der Waals surface area contributed by atoms with Gasteiger partial charge < -0.3 is 14.8 Å². The monoisotopic (exact) mass is 258 g/mol. The Bertz CT molecular complexity index is 212. The van der Waals surface area contributed by atoms with Gasteiger partial charge in [-0.2, -0.15) is 0 Å². The molecule has 4 heteroatoms. The van der Waals surface area contributed by atoms with Crippen molar-refractivity contribution in [3.63, 3.8) is 0 Å². The van der Waals surface area contributed by atoms with Crippen LogP contribution in [0.3, 0.4) is 0 Å². The molecule has 0 aliphatic carbocycles. The van der Waals surface area contributed by atoms with E-state index in [0.29, 0.717) is 12.6 Å². The summed E-state index contributed by atoms with van der Waals surface area (Å²) in [6.45, 7) is 9.65. The topological polar surface area (TPSA) is 33.7 Å². The predicted octanol–water partition coefficient (Wildman–Crippen LogP) is 1.36. The predicted molar refractivity (Wildman–Crippen MR) is 75.0 cm³/mol. The molecule has 0 saturated carbocycles. The van der Waals surface area contributed by atoms with Crippen LogP contribution < -0.4 is 5.32 Å². The third-order valence-corrected chi connectivity index (χ3v) is 3.47. The summed E-state index contributed by atoms with van der Waals surface area (Å²) in [7, 11) is 3.50. The van der Waals surface area contributed by atoms with Crippen LogP contribution in [0.15, 0.2) is 0 Å². The van der Waals surface area contributed by atoms with E-state index in [1.807, 2.05) is 0 Å². The Hall–Kier alpha value is -0.160. The van der Waals surface area contributed by atoms with Crippen LogP contribution >= 0.6 is 0 Å². The fourth-order valence-electron chi connectivity index (χ4n) is 2.64. The Morgan fingerprint density at radius 3 is 2.72 bits per heavy atom. The smallest absolute Gasteiger partial charge is 0.0931 e. The van der Waals surface area contributed by atoms with E-state index in [9.17, 15) is 0 Å². The van der Waals surface area contributed by atoms with Gasteiger partial charge in [-0.05, 0) is 31.8 Å². The van der Waals surface area contributed by atoms with Gasteiger partial charge in [-0.15, -0.1) is 0 Å². The number of hydrogen-bond acceptors (Lipinski definition) is 4. The molecule has 1 aliphatic heterocycles. The highest BCUT2D eigenvalue weighted by Crippen LogP contribution is 2.10. The van der Waals surface area contributed by atoms with E-state index in [0.717, 1.165) is 32.1 Å². The maximum absolute atomic E-state index is 5.46. The van der Waals surface area contributed by atoms with Crippen molar-refractivity contribution in [2.24, 2.45) is 5.92 Å². The summed E-state index contributed by atoms with van der Waals surface area (Å²) < 4.78 is 10.7. The Balaban J connectivity index is 2.42. The number of ether oxygens (including phenoxy) is 2. The number of methoxy groups -OCH3 is 2. The zero-order valence-electron chi connectivity index (χ0n) is 12.4. The second-order valence-electron chi connectivity index (χ2n) is 5.71. The van der Waals surface area contributed by atoms with Crippen molar-refractivity contribution < 1.29 is 9.47 Å². The second kappa shape index (κ2) is 8.86. The minimum atomic E-state index is 0.188.